The van der Waals surface area contributed by atoms with Crippen molar-refractivity contribution in [2.45, 2.75) is 56.2 Å². The normalized spacial score (nSPS) is 25.2. The summed E-state index contributed by atoms with van der Waals surface area (Å²) in [6.45, 7) is 0.650. The molecule has 1 saturated heterocycles. The SMILES string of the molecule is NCCN(C1CCCCC1)S(=O)(=O)C1CCS(=O)(=O)CC1. The molecule has 0 atom stereocenters. The van der Waals surface area contributed by atoms with Crippen LogP contribution in [0, 0.1) is 0 Å². The fraction of sp³-hybridized carbons (Fsp3) is 1.00. The second kappa shape index (κ2) is 6.93. The number of nitrogens with two attached hydrogens (primary N) is 1. The molecule has 0 aromatic carbocycles. The van der Waals surface area contributed by atoms with Crippen LogP contribution in [0.5, 0.6) is 0 Å². The van der Waals surface area contributed by atoms with E-state index in [1.165, 1.54) is 0 Å². The second-order valence-corrected chi connectivity index (χ2v) is 10.6. The van der Waals surface area contributed by atoms with Gasteiger partial charge >= 0.3 is 0 Å². The van der Waals surface area contributed by atoms with E-state index in [1.807, 2.05) is 0 Å². The average Bonchev–Trinajstić information content (AvgIpc) is 2.45. The largest absolute Gasteiger partial charge is 0.329 e. The van der Waals surface area contributed by atoms with Gasteiger partial charge in [-0.05, 0) is 25.7 Å². The van der Waals surface area contributed by atoms with Crippen molar-refractivity contribution in [2.75, 3.05) is 24.6 Å². The lowest BCUT2D eigenvalue weighted by molar-refractivity contribution is 0.254. The van der Waals surface area contributed by atoms with Gasteiger partial charge in [-0.2, -0.15) is 4.31 Å². The third-order valence-corrected chi connectivity index (χ3v) is 8.74. The summed E-state index contributed by atoms with van der Waals surface area (Å²) in [4.78, 5) is 0. The van der Waals surface area contributed by atoms with Crippen molar-refractivity contribution in [3.8, 4) is 0 Å². The molecule has 1 aliphatic carbocycles. The molecular weight excluding hydrogens is 312 g/mol. The molecule has 2 N–H and O–H groups in total. The molecule has 0 amide bonds. The van der Waals surface area contributed by atoms with Crippen LogP contribution in [0.25, 0.3) is 0 Å². The average molecular weight is 338 g/mol. The van der Waals surface area contributed by atoms with Crippen molar-refractivity contribution in [3.63, 3.8) is 0 Å². The molecule has 2 rings (SSSR count). The predicted molar refractivity (Wildman–Crippen MR) is 83.2 cm³/mol. The predicted octanol–water partition coefficient (Wildman–Crippen LogP) is 0.487. The summed E-state index contributed by atoms with van der Waals surface area (Å²) in [6, 6.07) is 0.0471. The number of rotatable bonds is 5. The molecule has 124 valence electrons. The van der Waals surface area contributed by atoms with Gasteiger partial charge in [-0.3, -0.25) is 0 Å². The molecule has 1 aliphatic heterocycles. The van der Waals surface area contributed by atoms with Gasteiger partial charge in [-0.15, -0.1) is 0 Å². The first-order chi connectivity index (χ1) is 9.87. The highest BCUT2D eigenvalue weighted by Gasteiger charge is 2.39. The summed E-state index contributed by atoms with van der Waals surface area (Å²) in [5.74, 6) is -0.0317. The Morgan fingerprint density at radius 3 is 2.10 bits per heavy atom. The van der Waals surface area contributed by atoms with Gasteiger partial charge in [0.2, 0.25) is 10.0 Å². The monoisotopic (exact) mass is 338 g/mol. The molecule has 0 bridgehead atoms. The Bertz CT molecular complexity index is 525. The first-order valence-corrected chi connectivity index (χ1v) is 11.1. The van der Waals surface area contributed by atoms with E-state index in [1.54, 1.807) is 4.31 Å². The third-order valence-electron chi connectivity index (χ3n) is 4.58. The van der Waals surface area contributed by atoms with Crippen LogP contribution < -0.4 is 5.73 Å². The lowest BCUT2D eigenvalue weighted by Gasteiger charge is -2.36. The quantitative estimate of drug-likeness (QED) is 0.786. The van der Waals surface area contributed by atoms with Crippen molar-refractivity contribution < 1.29 is 16.8 Å². The van der Waals surface area contributed by atoms with Crippen molar-refractivity contribution >= 4 is 19.9 Å². The molecule has 8 heteroatoms. The summed E-state index contributed by atoms with van der Waals surface area (Å²) >= 11 is 0. The summed E-state index contributed by atoms with van der Waals surface area (Å²) in [5.41, 5.74) is 5.60. The highest BCUT2D eigenvalue weighted by molar-refractivity contribution is 7.92. The Kier molecular flexibility index (Phi) is 5.67. The van der Waals surface area contributed by atoms with Gasteiger partial charge < -0.3 is 5.73 Å². The van der Waals surface area contributed by atoms with Gasteiger partial charge in [0.1, 0.15) is 9.84 Å². The highest BCUT2D eigenvalue weighted by atomic mass is 32.2. The minimum Gasteiger partial charge on any atom is -0.329 e. The Balaban J connectivity index is 2.13. The van der Waals surface area contributed by atoms with Crippen LogP contribution in [0.3, 0.4) is 0 Å². The third kappa shape index (κ3) is 4.18. The lowest BCUT2D eigenvalue weighted by atomic mass is 9.95. The zero-order chi connectivity index (χ0) is 15.5. The van der Waals surface area contributed by atoms with Crippen LogP contribution in [0.15, 0.2) is 0 Å². The highest BCUT2D eigenvalue weighted by Crippen LogP contribution is 2.29. The fourth-order valence-electron chi connectivity index (χ4n) is 3.37. The van der Waals surface area contributed by atoms with E-state index >= 15 is 0 Å². The van der Waals surface area contributed by atoms with Crippen LogP contribution in [0.4, 0.5) is 0 Å². The van der Waals surface area contributed by atoms with Crippen LogP contribution in [0.2, 0.25) is 0 Å². The number of hydrogen-bond donors (Lipinski definition) is 1. The molecule has 0 aromatic rings. The molecule has 0 aromatic heterocycles. The van der Waals surface area contributed by atoms with Crippen molar-refractivity contribution in [1.29, 1.82) is 0 Å². The molecule has 0 spiro atoms. The van der Waals surface area contributed by atoms with E-state index in [9.17, 15) is 16.8 Å². The van der Waals surface area contributed by atoms with Gasteiger partial charge in [0.05, 0.1) is 16.8 Å². The van der Waals surface area contributed by atoms with Crippen LogP contribution in [-0.2, 0) is 19.9 Å². The standard InChI is InChI=1S/C13H26N2O4S2/c14-8-9-15(12-4-2-1-3-5-12)21(18,19)13-6-10-20(16,17)11-7-13/h12-13H,1-11,14H2. The van der Waals surface area contributed by atoms with Crippen LogP contribution in [-0.4, -0.2) is 57.0 Å². The smallest absolute Gasteiger partial charge is 0.217 e. The summed E-state index contributed by atoms with van der Waals surface area (Å²) in [7, 11) is -6.49. The number of sulfonamides is 1. The van der Waals surface area contributed by atoms with Gasteiger partial charge in [0.15, 0.2) is 0 Å². The summed E-state index contributed by atoms with van der Waals surface area (Å²) < 4.78 is 50.3. The maximum atomic E-state index is 12.9. The molecule has 21 heavy (non-hydrogen) atoms. The van der Waals surface area contributed by atoms with Crippen molar-refractivity contribution in [3.05, 3.63) is 0 Å². The topological polar surface area (TPSA) is 97.5 Å². The van der Waals surface area contributed by atoms with E-state index < -0.39 is 25.1 Å². The maximum absolute atomic E-state index is 12.9. The number of nitrogens with zero attached hydrogens (tertiary/aromatic N) is 1. The zero-order valence-electron chi connectivity index (χ0n) is 12.4. The van der Waals surface area contributed by atoms with Crippen LogP contribution in [0.1, 0.15) is 44.9 Å². The lowest BCUT2D eigenvalue weighted by Crippen LogP contribution is -2.49. The molecule has 2 aliphatic rings. The van der Waals surface area contributed by atoms with Gasteiger partial charge in [0, 0.05) is 19.1 Å². The zero-order valence-corrected chi connectivity index (χ0v) is 14.0. The molecular formula is C13H26N2O4S2. The molecule has 1 saturated carbocycles. The van der Waals surface area contributed by atoms with Crippen LogP contribution >= 0.6 is 0 Å². The second-order valence-electron chi connectivity index (χ2n) is 6.09. The van der Waals surface area contributed by atoms with Gasteiger partial charge in [0.25, 0.3) is 0 Å². The molecule has 1 heterocycles. The molecule has 2 fully saturated rings. The van der Waals surface area contributed by atoms with E-state index in [2.05, 4.69) is 0 Å². The minimum absolute atomic E-state index is 0.0158. The molecule has 0 radical (unpaired) electrons. The summed E-state index contributed by atoms with van der Waals surface area (Å²) in [6.07, 6.45) is 5.50. The van der Waals surface area contributed by atoms with Gasteiger partial charge in [-0.25, -0.2) is 16.8 Å². The van der Waals surface area contributed by atoms with Crippen molar-refractivity contribution in [1.82, 2.24) is 4.31 Å². The van der Waals surface area contributed by atoms with Crippen molar-refractivity contribution in [2.24, 2.45) is 5.73 Å². The van der Waals surface area contributed by atoms with E-state index in [-0.39, 0.29) is 30.4 Å². The Hall–Kier alpha value is -0.180. The van der Waals surface area contributed by atoms with Gasteiger partial charge in [-0.1, -0.05) is 19.3 Å². The maximum Gasteiger partial charge on any atom is 0.217 e. The van der Waals surface area contributed by atoms with E-state index in [0.29, 0.717) is 13.1 Å². The number of sulfone groups is 1. The summed E-state index contributed by atoms with van der Waals surface area (Å²) in [5, 5.41) is -0.561. The Morgan fingerprint density at radius 1 is 1.00 bits per heavy atom. The fourth-order valence-corrected chi connectivity index (χ4v) is 7.36. The number of hydrogen-bond acceptors (Lipinski definition) is 5. The van der Waals surface area contributed by atoms with E-state index in [0.717, 1.165) is 32.1 Å². The Morgan fingerprint density at radius 2 is 1.57 bits per heavy atom. The molecule has 6 nitrogen and oxygen atoms in total. The Labute approximate surface area is 128 Å². The van der Waals surface area contributed by atoms with E-state index in [4.69, 9.17) is 5.73 Å². The first-order valence-electron chi connectivity index (χ1n) is 7.78. The molecule has 0 unspecified atom stereocenters. The minimum atomic E-state index is -3.45. The first kappa shape index (κ1) is 17.2.